The fourth-order valence-electron chi connectivity index (χ4n) is 0. The van der Waals surface area contributed by atoms with E-state index in [4.69, 9.17) is 5.26 Å². The molecular formula is C2H9NO4. The molecular weight excluding hydrogens is 102 g/mol. The maximum atomic E-state index is 9.28. The smallest absolute Gasteiger partial charge is 0.296 e. The molecule has 0 bridgehead atoms. The molecule has 0 aromatic carbocycles. The normalized spacial score (nSPS) is 4.86. The fourth-order valence-corrected chi connectivity index (χ4v) is 0. The summed E-state index contributed by atoms with van der Waals surface area (Å²) in [6.45, 7) is 1.05. The minimum Gasteiger partial charge on any atom is -0.662 e. The van der Waals surface area contributed by atoms with Gasteiger partial charge in [0.15, 0.2) is 0 Å². The molecule has 0 spiro atoms. The molecule has 6 N–H and O–H groups in total. The van der Waals surface area contributed by atoms with Crippen LogP contribution >= 0.6 is 0 Å². The number of hydrogen-bond acceptors (Lipinski definition) is 3. The molecule has 0 radical (unpaired) electrons. The van der Waals surface area contributed by atoms with E-state index in [9.17, 15) is 4.79 Å². The highest BCUT2D eigenvalue weighted by atomic mass is 17.1. The first-order valence-corrected chi connectivity index (χ1v) is 1.07. The van der Waals surface area contributed by atoms with Crippen LogP contribution in [0.5, 0.6) is 0 Å². The molecule has 0 saturated heterocycles. The van der Waals surface area contributed by atoms with Crippen molar-refractivity contribution in [2.24, 2.45) is 0 Å². The average molecular weight is 111 g/mol. The Balaban J connectivity index is -0.0000000800. The van der Waals surface area contributed by atoms with Gasteiger partial charge in [0.25, 0.3) is 5.97 Å². The number of rotatable bonds is 0. The van der Waals surface area contributed by atoms with Gasteiger partial charge in [0.1, 0.15) is 0 Å². The molecule has 46 valence electrons. The summed E-state index contributed by atoms with van der Waals surface area (Å²) >= 11 is 0. The third-order valence-electron chi connectivity index (χ3n) is 0.117. The molecule has 0 aliphatic rings. The Hall–Kier alpha value is -0.650. The van der Waals surface area contributed by atoms with Crippen LogP contribution < -0.4 is 11.4 Å². The molecule has 0 atom stereocenters. The highest BCUT2D eigenvalue weighted by molar-refractivity contribution is 5.64. The maximum absolute atomic E-state index is 9.28. The third-order valence-corrected chi connectivity index (χ3v) is 0.117. The quantitative estimate of drug-likeness (QED) is 0.298. The van der Waals surface area contributed by atoms with Crippen molar-refractivity contribution in [1.82, 2.24) is 6.15 Å². The molecule has 0 aliphatic carbocycles. The summed E-state index contributed by atoms with van der Waals surface area (Å²) in [5, 5.41) is 8.78. The van der Waals surface area contributed by atoms with Gasteiger partial charge >= 0.3 is 0 Å². The molecule has 0 aromatic heterocycles. The van der Waals surface area contributed by atoms with E-state index in [-0.39, 0.29) is 11.6 Å². The van der Waals surface area contributed by atoms with Crippen molar-refractivity contribution >= 4 is 5.97 Å². The average Bonchev–Trinajstić information content (AvgIpc) is 1.38. The largest absolute Gasteiger partial charge is 0.662 e. The zero-order valence-electron chi connectivity index (χ0n) is 4.22. The lowest BCUT2D eigenvalue weighted by Crippen LogP contribution is -2.09. The van der Waals surface area contributed by atoms with Gasteiger partial charge in [-0.3, -0.25) is 4.79 Å². The molecule has 7 heavy (non-hydrogen) atoms. The van der Waals surface area contributed by atoms with Crippen molar-refractivity contribution in [2.75, 3.05) is 0 Å². The lowest BCUT2D eigenvalue weighted by molar-refractivity contribution is -0.656. The second-order valence-electron chi connectivity index (χ2n) is 0.575. The Labute approximate surface area is 40.7 Å². The van der Waals surface area contributed by atoms with E-state index in [0.29, 0.717) is 0 Å². The van der Waals surface area contributed by atoms with Gasteiger partial charge in [-0.25, -0.2) is 0 Å². The van der Waals surface area contributed by atoms with Crippen LogP contribution in [0, 0.1) is 0 Å². The summed E-state index contributed by atoms with van der Waals surface area (Å²) in [7, 11) is 0. The summed E-state index contributed by atoms with van der Waals surface area (Å²) < 4.78 is 0. The predicted octanol–water partition coefficient (Wildman–Crippen LogP) is -1.62. The van der Waals surface area contributed by atoms with Crippen molar-refractivity contribution in [2.45, 2.75) is 6.92 Å². The van der Waals surface area contributed by atoms with Crippen molar-refractivity contribution in [3.63, 3.8) is 0 Å². The topological polar surface area (TPSA) is 117 Å². The van der Waals surface area contributed by atoms with Gasteiger partial charge < -0.3 is 21.8 Å². The number of quaternary nitrogens is 1. The van der Waals surface area contributed by atoms with Crippen LogP contribution in [-0.4, -0.2) is 11.4 Å². The molecule has 0 heterocycles. The minimum absolute atomic E-state index is 0. The lowest BCUT2D eigenvalue weighted by Gasteiger charge is -1.97. The highest BCUT2D eigenvalue weighted by Crippen LogP contribution is 1.54. The van der Waals surface area contributed by atoms with Crippen LogP contribution in [0.2, 0.25) is 0 Å². The second kappa shape index (κ2) is 9.02. The van der Waals surface area contributed by atoms with E-state index in [2.05, 4.69) is 4.89 Å². The number of carbonyl (C=O) groups excluding carboxylic acids is 1. The van der Waals surface area contributed by atoms with Crippen molar-refractivity contribution in [3.8, 4) is 0 Å². The van der Waals surface area contributed by atoms with E-state index in [1.807, 2.05) is 0 Å². The van der Waals surface area contributed by atoms with Gasteiger partial charge in [-0.2, -0.15) is 0 Å². The monoisotopic (exact) mass is 111 g/mol. The van der Waals surface area contributed by atoms with E-state index in [0.717, 1.165) is 6.92 Å². The SMILES string of the molecule is CC(=O)O[O-].O.[NH4+]. The predicted molar refractivity (Wildman–Crippen MR) is 21.4 cm³/mol. The summed E-state index contributed by atoms with van der Waals surface area (Å²) in [6, 6.07) is 0. The van der Waals surface area contributed by atoms with Crippen molar-refractivity contribution < 1.29 is 20.4 Å². The first-order valence-electron chi connectivity index (χ1n) is 1.07. The van der Waals surface area contributed by atoms with E-state index in [1.165, 1.54) is 0 Å². The maximum Gasteiger partial charge on any atom is 0.296 e. The highest BCUT2D eigenvalue weighted by Gasteiger charge is 1.71. The second-order valence-corrected chi connectivity index (χ2v) is 0.575. The zero-order chi connectivity index (χ0) is 4.28. The summed E-state index contributed by atoms with van der Waals surface area (Å²) in [4.78, 5) is 12.1. The van der Waals surface area contributed by atoms with Crippen molar-refractivity contribution in [3.05, 3.63) is 0 Å². The lowest BCUT2D eigenvalue weighted by atomic mass is 10.9. The van der Waals surface area contributed by atoms with E-state index >= 15 is 0 Å². The Morgan fingerprint density at radius 3 is 1.86 bits per heavy atom. The molecule has 0 fully saturated rings. The first-order chi connectivity index (χ1) is 2.27. The van der Waals surface area contributed by atoms with E-state index in [1.54, 1.807) is 0 Å². The number of hydrogen-bond donors (Lipinski definition) is 1. The summed E-state index contributed by atoms with van der Waals surface area (Å²) in [5.74, 6) is -0.801. The van der Waals surface area contributed by atoms with E-state index < -0.39 is 5.97 Å². The van der Waals surface area contributed by atoms with Crippen LogP contribution in [0.1, 0.15) is 6.92 Å². The van der Waals surface area contributed by atoms with Gasteiger partial charge in [-0.05, 0) is 0 Å². The third kappa shape index (κ3) is 32.9. The molecule has 5 nitrogen and oxygen atoms in total. The fraction of sp³-hybridized carbons (Fsp3) is 0.500. The van der Waals surface area contributed by atoms with Crippen LogP contribution in [-0.2, 0) is 9.68 Å². The van der Waals surface area contributed by atoms with Crippen LogP contribution in [0.25, 0.3) is 0 Å². The van der Waals surface area contributed by atoms with Crippen LogP contribution in [0.3, 0.4) is 0 Å². The molecule has 0 amide bonds. The van der Waals surface area contributed by atoms with Crippen molar-refractivity contribution in [1.29, 1.82) is 0 Å². The summed E-state index contributed by atoms with van der Waals surface area (Å²) in [5.41, 5.74) is 0. The van der Waals surface area contributed by atoms with Gasteiger partial charge in [-0.15, -0.1) is 0 Å². The molecule has 0 unspecified atom stereocenters. The molecule has 0 aromatic rings. The standard InChI is InChI=1S/C2H4O3.H3N.H2O/c1-2(3)5-4;;/h4H,1H3;1H3;1H2. The van der Waals surface area contributed by atoms with Gasteiger partial charge in [0, 0.05) is 6.92 Å². The number of carbonyl (C=O) groups is 1. The zero-order valence-corrected chi connectivity index (χ0v) is 4.22. The Kier molecular flexibility index (Phi) is 20.9. The molecule has 0 aliphatic heterocycles. The van der Waals surface area contributed by atoms with Crippen LogP contribution in [0.4, 0.5) is 0 Å². The van der Waals surface area contributed by atoms with Gasteiger partial charge in [0.05, 0.1) is 0 Å². The molecule has 0 rings (SSSR count). The first kappa shape index (κ1) is 16.2. The molecule has 0 saturated carbocycles. The Morgan fingerprint density at radius 2 is 1.86 bits per heavy atom. The molecule has 5 heteroatoms. The Morgan fingerprint density at radius 1 is 1.71 bits per heavy atom. The van der Waals surface area contributed by atoms with Gasteiger partial charge in [0.2, 0.25) is 0 Å². The van der Waals surface area contributed by atoms with Gasteiger partial charge in [-0.1, -0.05) is 0 Å². The minimum atomic E-state index is -0.801. The van der Waals surface area contributed by atoms with Crippen LogP contribution in [0.15, 0.2) is 0 Å². The summed E-state index contributed by atoms with van der Waals surface area (Å²) in [6.07, 6.45) is 0. The Bertz CT molecular complexity index is 45.0.